The van der Waals surface area contributed by atoms with Crippen LogP contribution >= 0.6 is 0 Å². The zero-order chi connectivity index (χ0) is 17.6. The van der Waals surface area contributed by atoms with Gasteiger partial charge in [-0.05, 0) is 37.4 Å². The number of carbonyl (C=O) groups excluding carboxylic acids is 1. The molecule has 0 fully saturated rings. The molecule has 3 rings (SSSR count). The van der Waals surface area contributed by atoms with Crippen LogP contribution in [0.3, 0.4) is 0 Å². The summed E-state index contributed by atoms with van der Waals surface area (Å²) in [6.07, 6.45) is 5.30. The average Bonchev–Trinajstić information content (AvgIpc) is 3.16. The molecule has 0 unspecified atom stereocenters. The van der Waals surface area contributed by atoms with Crippen molar-refractivity contribution in [1.82, 2.24) is 25.0 Å². The highest BCUT2D eigenvalue weighted by molar-refractivity contribution is 5.83. The average molecular weight is 335 g/mol. The lowest BCUT2D eigenvalue weighted by Crippen LogP contribution is -2.36. The van der Waals surface area contributed by atoms with Crippen LogP contribution in [0, 0.1) is 0 Å². The normalized spacial score (nSPS) is 12.1. The topological polar surface area (TPSA) is 63.1 Å². The van der Waals surface area contributed by atoms with Crippen LogP contribution < -0.4 is 5.32 Å². The van der Waals surface area contributed by atoms with Gasteiger partial charge in [0.2, 0.25) is 5.91 Å². The van der Waals surface area contributed by atoms with E-state index in [0.29, 0.717) is 6.54 Å². The van der Waals surface area contributed by atoms with Crippen LogP contribution in [0.5, 0.6) is 0 Å². The second-order valence-electron chi connectivity index (χ2n) is 5.97. The Hall–Kier alpha value is -2.99. The number of nitrogens with zero attached hydrogens (tertiary/aromatic N) is 4. The van der Waals surface area contributed by atoms with Gasteiger partial charge in [-0.3, -0.25) is 9.69 Å². The summed E-state index contributed by atoms with van der Waals surface area (Å²) in [4.78, 5) is 18.9. The number of hydrogen-bond acceptors (Lipinski definition) is 4. The Kier molecular flexibility index (Phi) is 5.20. The molecule has 0 saturated heterocycles. The van der Waals surface area contributed by atoms with E-state index in [2.05, 4.69) is 15.4 Å². The first-order valence-corrected chi connectivity index (χ1v) is 8.09. The Morgan fingerprint density at radius 1 is 1.16 bits per heavy atom. The van der Waals surface area contributed by atoms with Crippen LogP contribution in [0.25, 0.3) is 5.82 Å². The number of carbonyl (C=O) groups is 1. The SMILES string of the molecule is CN(C)[C@H](C(=O)NCc1ccc(-n2cccn2)nc1)c1ccccc1. The highest BCUT2D eigenvalue weighted by atomic mass is 16.2. The predicted molar refractivity (Wildman–Crippen MR) is 96.1 cm³/mol. The molecule has 0 radical (unpaired) electrons. The number of pyridine rings is 1. The van der Waals surface area contributed by atoms with Crippen molar-refractivity contribution >= 4 is 5.91 Å². The van der Waals surface area contributed by atoms with Gasteiger partial charge in [-0.2, -0.15) is 5.10 Å². The molecule has 2 heterocycles. The largest absolute Gasteiger partial charge is 0.350 e. The first-order chi connectivity index (χ1) is 12.1. The number of rotatable bonds is 6. The highest BCUT2D eigenvalue weighted by Gasteiger charge is 2.22. The molecule has 128 valence electrons. The molecule has 25 heavy (non-hydrogen) atoms. The van der Waals surface area contributed by atoms with Crippen molar-refractivity contribution in [2.75, 3.05) is 14.1 Å². The summed E-state index contributed by atoms with van der Waals surface area (Å²) in [5.41, 5.74) is 1.91. The van der Waals surface area contributed by atoms with E-state index in [1.54, 1.807) is 17.1 Å². The zero-order valence-corrected chi connectivity index (χ0v) is 14.3. The summed E-state index contributed by atoms with van der Waals surface area (Å²) in [6, 6.07) is 15.1. The minimum atomic E-state index is -0.322. The van der Waals surface area contributed by atoms with Crippen molar-refractivity contribution < 1.29 is 4.79 Å². The number of likely N-dealkylation sites (N-methyl/N-ethyl adjacent to an activating group) is 1. The van der Waals surface area contributed by atoms with Crippen LogP contribution in [0.2, 0.25) is 0 Å². The molecule has 0 saturated carbocycles. The van der Waals surface area contributed by atoms with E-state index in [4.69, 9.17) is 0 Å². The maximum atomic E-state index is 12.6. The quantitative estimate of drug-likeness (QED) is 0.750. The van der Waals surface area contributed by atoms with Crippen molar-refractivity contribution in [3.63, 3.8) is 0 Å². The number of amides is 1. The molecular weight excluding hydrogens is 314 g/mol. The molecule has 1 N–H and O–H groups in total. The number of hydrogen-bond donors (Lipinski definition) is 1. The van der Waals surface area contributed by atoms with Gasteiger partial charge in [0.1, 0.15) is 6.04 Å². The Morgan fingerprint density at radius 2 is 1.96 bits per heavy atom. The monoisotopic (exact) mass is 335 g/mol. The summed E-state index contributed by atoms with van der Waals surface area (Å²) in [6.45, 7) is 0.433. The second-order valence-corrected chi connectivity index (χ2v) is 5.97. The van der Waals surface area contributed by atoms with Crippen molar-refractivity contribution in [3.05, 3.63) is 78.2 Å². The smallest absolute Gasteiger partial charge is 0.242 e. The first-order valence-electron chi connectivity index (χ1n) is 8.09. The van der Waals surface area contributed by atoms with Gasteiger partial charge in [-0.1, -0.05) is 36.4 Å². The van der Waals surface area contributed by atoms with Gasteiger partial charge < -0.3 is 5.32 Å². The van der Waals surface area contributed by atoms with E-state index < -0.39 is 0 Å². The van der Waals surface area contributed by atoms with E-state index in [1.807, 2.05) is 73.7 Å². The second kappa shape index (κ2) is 7.72. The van der Waals surface area contributed by atoms with Crippen LogP contribution in [-0.2, 0) is 11.3 Å². The minimum absolute atomic E-state index is 0.0349. The maximum Gasteiger partial charge on any atom is 0.242 e. The van der Waals surface area contributed by atoms with Crippen LogP contribution in [0.4, 0.5) is 0 Å². The molecule has 0 aliphatic rings. The van der Waals surface area contributed by atoms with Crippen molar-refractivity contribution in [2.24, 2.45) is 0 Å². The lowest BCUT2D eigenvalue weighted by atomic mass is 10.1. The van der Waals surface area contributed by atoms with Gasteiger partial charge >= 0.3 is 0 Å². The van der Waals surface area contributed by atoms with Crippen LogP contribution in [0.1, 0.15) is 17.2 Å². The van der Waals surface area contributed by atoms with E-state index in [1.165, 1.54) is 0 Å². The molecule has 0 aliphatic carbocycles. The molecule has 0 bridgehead atoms. The van der Waals surface area contributed by atoms with Gasteiger partial charge in [0.05, 0.1) is 0 Å². The summed E-state index contributed by atoms with van der Waals surface area (Å²) in [5, 5.41) is 7.14. The molecule has 1 atom stereocenters. The zero-order valence-electron chi connectivity index (χ0n) is 14.3. The lowest BCUT2D eigenvalue weighted by molar-refractivity contribution is -0.125. The summed E-state index contributed by atoms with van der Waals surface area (Å²) in [5.74, 6) is 0.711. The molecular formula is C19H21N5O. The van der Waals surface area contributed by atoms with Crippen molar-refractivity contribution in [1.29, 1.82) is 0 Å². The fourth-order valence-corrected chi connectivity index (χ4v) is 2.67. The third-order valence-corrected chi connectivity index (χ3v) is 3.90. The molecule has 1 aromatic carbocycles. The van der Waals surface area contributed by atoms with E-state index in [0.717, 1.165) is 16.9 Å². The summed E-state index contributed by atoms with van der Waals surface area (Å²) < 4.78 is 1.69. The van der Waals surface area contributed by atoms with E-state index in [-0.39, 0.29) is 11.9 Å². The molecule has 2 aromatic heterocycles. The molecule has 0 spiro atoms. The van der Waals surface area contributed by atoms with Gasteiger partial charge in [0.25, 0.3) is 0 Å². The first kappa shape index (κ1) is 16.9. The van der Waals surface area contributed by atoms with Crippen molar-refractivity contribution in [3.8, 4) is 5.82 Å². The minimum Gasteiger partial charge on any atom is -0.350 e. The summed E-state index contributed by atoms with van der Waals surface area (Å²) in [7, 11) is 3.80. The number of nitrogens with one attached hydrogen (secondary N) is 1. The fourth-order valence-electron chi connectivity index (χ4n) is 2.67. The Labute approximate surface area is 147 Å². The number of aromatic nitrogens is 3. The molecule has 3 aromatic rings. The Bertz CT molecular complexity index is 798. The molecule has 6 heteroatoms. The van der Waals surface area contributed by atoms with Crippen LogP contribution in [0.15, 0.2) is 67.1 Å². The van der Waals surface area contributed by atoms with Gasteiger partial charge in [-0.15, -0.1) is 0 Å². The Morgan fingerprint density at radius 3 is 2.56 bits per heavy atom. The maximum absolute atomic E-state index is 12.6. The van der Waals surface area contributed by atoms with Gasteiger partial charge in [0.15, 0.2) is 5.82 Å². The molecule has 1 amide bonds. The van der Waals surface area contributed by atoms with E-state index in [9.17, 15) is 4.79 Å². The summed E-state index contributed by atoms with van der Waals surface area (Å²) >= 11 is 0. The third-order valence-electron chi connectivity index (χ3n) is 3.90. The Balaban J connectivity index is 1.65. The standard InChI is InChI=1S/C19H21N5O/c1-23(2)18(16-7-4-3-5-8-16)19(25)21-14-15-9-10-17(20-13-15)24-12-6-11-22-24/h3-13,18H,14H2,1-2H3,(H,21,25)/t18-/m0/s1. The number of benzene rings is 1. The van der Waals surface area contributed by atoms with Crippen LogP contribution in [-0.4, -0.2) is 39.7 Å². The van der Waals surface area contributed by atoms with Crippen molar-refractivity contribution in [2.45, 2.75) is 12.6 Å². The molecule has 0 aliphatic heterocycles. The van der Waals surface area contributed by atoms with Gasteiger partial charge in [0, 0.05) is 25.1 Å². The highest BCUT2D eigenvalue weighted by Crippen LogP contribution is 2.18. The van der Waals surface area contributed by atoms with Gasteiger partial charge in [-0.25, -0.2) is 9.67 Å². The fraction of sp³-hybridized carbons (Fsp3) is 0.211. The third kappa shape index (κ3) is 4.10. The lowest BCUT2D eigenvalue weighted by Gasteiger charge is -2.23. The van der Waals surface area contributed by atoms with E-state index >= 15 is 0 Å². The predicted octanol–water partition coefficient (Wildman–Crippen LogP) is 2.19. The molecule has 6 nitrogen and oxygen atoms in total.